The summed E-state index contributed by atoms with van der Waals surface area (Å²) in [6.45, 7) is 0.289. The molecule has 0 atom stereocenters. The van der Waals surface area contributed by atoms with Gasteiger partial charge < -0.3 is 19.7 Å². The van der Waals surface area contributed by atoms with Gasteiger partial charge in [0.25, 0.3) is 0 Å². The molecule has 2 aliphatic rings. The van der Waals surface area contributed by atoms with Gasteiger partial charge in [-0.15, -0.1) is 0 Å². The summed E-state index contributed by atoms with van der Waals surface area (Å²) in [7, 11) is 0. The van der Waals surface area contributed by atoms with Crippen molar-refractivity contribution < 1.29 is 18.6 Å². The van der Waals surface area contributed by atoms with Gasteiger partial charge in [-0.05, 0) is 38.5 Å². The maximum absolute atomic E-state index is 12.4. The highest BCUT2D eigenvalue weighted by atomic mass is 35.5. The average molecular weight is 422 g/mol. The van der Waals surface area contributed by atoms with Crippen LogP contribution in [0.4, 0.5) is 0 Å². The first-order chi connectivity index (χ1) is 14.1. The molecule has 0 spiro atoms. The van der Waals surface area contributed by atoms with E-state index in [4.69, 9.17) is 20.6 Å². The summed E-state index contributed by atoms with van der Waals surface area (Å²) in [6, 6.07) is 1.71. The first kappa shape index (κ1) is 19.9. The molecular weight excluding hydrogens is 398 g/mol. The van der Waals surface area contributed by atoms with Crippen molar-refractivity contribution in [2.45, 2.75) is 69.9 Å². The van der Waals surface area contributed by atoms with Crippen LogP contribution >= 0.6 is 11.6 Å². The molecule has 4 rings (SSSR count). The second-order valence-corrected chi connectivity index (χ2v) is 8.16. The summed E-state index contributed by atoms with van der Waals surface area (Å²) >= 11 is 5.69. The molecule has 2 heterocycles. The van der Waals surface area contributed by atoms with Crippen LogP contribution < -0.4 is 10.6 Å². The Bertz CT molecular complexity index is 854. The Morgan fingerprint density at radius 1 is 1.10 bits per heavy atom. The van der Waals surface area contributed by atoms with Gasteiger partial charge in [-0.2, -0.15) is 4.98 Å². The Morgan fingerprint density at radius 3 is 2.59 bits per heavy atom. The zero-order valence-corrected chi connectivity index (χ0v) is 16.8. The maximum atomic E-state index is 12.4. The van der Waals surface area contributed by atoms with Crippen molar-refractivity contribution in [1.29, 1.82) is 0 Å². The van der Waals surface area contributed by atoms with E-state index in [0.717, 1.165) is 38.5 Å². The van der Waals surface area contributed by atoms with E-state index >= 15 is 0 Å². The van der Waals surface area contributed by atoms with Crippen LogP contribution in [-0.2, 0) is 22.6 Å². The van der Waals surface area contributed by atoms with Crippen molar-refractivity contribution in [3.63, 3.8) is 0 Å². The van der Waals surface area contributed by atoms with E-state index in [-0.39, 0.29) is 30.3 Å². The molecule has 10 heteroatoms. The number of hydrogen-bond donors (Lipinski definition) is 2. The molecule has 2 fully saturated rings. The molecule has 0 saturated heterocycles. The monoisotopic (exact) mass is 421 g/mol. The number of aromatic nitrogens is 3. The number of amides is 2. The highest BCUT2D eigenvalue weighted by molar-refractivity contribution is 6.29. The van der Waals surface area contributed by atoms with Crippen LogP contribution in [0, 0.1) is 5.92 Å². The standard InChI is InChI=1S/C19H24ClN5O4/c20-15-9-14(28-24-15)7-8-17(26)22-13-5-3-11(4-6-13)18(27)21-10-16-23-19(29-25-16)12-1-2-12/h9,11-13H,1-8,10H2,(H,21,27)(H,22,26). The van der Waals surface area contributed by atoms with Crippen LogP contribution in [0.2, 0.25) is 5.15 Å². The van der Waals surface area contributed by atoms with Gasteiger partial charge in [0.15, 0.2) is 11.0 Å². The van der Waals surface area contributed by atoms with E-state index in [2.05, 4.69) is 25.9 Å². The van der Waals surface area contributed by atoms with Gasteiger partial charge in [-0.1, -0.05) is 21.9 Å². The van der Waals surface area contributed by atoms with Gasteiger partial charge in [0.05, 0.1) is 6.54 Å². The highest BCUT2D eigenvalue weighted by Gasteiger charge is 2.30. The number of carbonyl (C=O) groups excluding carboxylic acids is 2. The quantitative estimate of drug-likeness (QED) is 0.671. The van der Waals surface area contributed by atoms with Crippen molar-refractivity contribution in [3.8, 4) is 0 Å². The van der Waals surface area contributed by atoms with Crippen molar-refractivity contribution in [1.82, 2.24) is 25.9 Å². The minimum atomic E-state index is -0.0470. The third-order valence-electron chi connectivity index (χ3n) is 5.42. The zero-order valence-electron chi connectivity index (χ0n) is 16.0. The largest absolute Gasteiger partial charge is 0.360 e. The SMILES string of the molecule is O=C(CCc1cc(Cl)no1)NC1CCC(C(=O)NCc2noc(C3CC3)n2)CC1. The van der Waals surface area contributed by atoms with E-state index in [0.29, 0.717) is 41.4 Å². The number of aryl methyl sites for hydroxylation is 1. The van der Waals surface area contributed by atoms with Gasteiger partial charge >= 0.3 is 0 Å². The Hall–Kier alpha value is -2.42. The topological polar surface area (TPSA) is 123 Å². The van der Waals surface area contributed by atoms with Crippen LogP contribution in [0.5, 0.6) is 0 Å². The summed E-state index contributed by atoms with van der Waals surface area (Å²) < 4.78 is 10.2. The number of hydrogen-bond acceptors (Lipinski definition) is 7. The molecule has 0 aliphatic heterocycles. The Morgan fingerprint density at radius 2 is 1.90 bits per heavy atom. The summed E-state index contributed by atoms with van der Waals surface area (Å²) in [5, 5.41) is 13.7. The lowest BCUT2D eigenvalue weighted by Crippen LogP contribution is -2.40. The lowest BCUT2D eigenvalue weighted by Gasteiger charge is -2.28. The van der Waals surface area contributed by atoms with Crippen LogP contribution in [0.3, 0.4) is 0 Å². The molecular formula is C19H24ClN5O4. The van der Waals surface area contributed by atoms with E-state index < -0.39 is 0 Å². The molecule has 2 aliphatic carbocycles. The molecule has 2 amide bonds. The highest BCUT2D eigenvalue weighted by Crippen LogP contribution is 2.38. The fourth-order valence-electron chi connectivity index (χ4n) is 3.59. The number of halogens is 1. The minimum Gasteiger partial charge on any atom is -0.360 e. The van der Waals surface area contributed by atoms with E-state index in [9.17, 15) is 9.59 Å². The Labute approximate surface area is 172 Å². The van der Waals surface area contributed by atoms with Crippen molar-refractivity contribution in [3.05, 3.63) is 28.7 Å². The molecule has 0 radical (unpaired) electrons. The number of nitrogens with one attached hydrogen (secondary N) is 2. The molecule has 9 nitrogen and oxygen atoms in total. The second-order valence-electron chi connectivity index (χ2n) is 7.77. The number of rotatable bonds is 8. The normalized spacial score (nSPS) is 21.7. The first-order valence-corrected chi connectivity index (χ1v) is 10.5. The number of nitrogens with zero attached hydrogens (tertiary/aromatic N) is 3. The molecule has 2 aromatic heterocycles. The summed E-state index contributed by atoms with van der Waals surface area (Å²) in [5.74, 6) is 2.13. The van der Waals surface area contributed by atoms with Gasteiger partial charge in [-0.3, -0.25) is 9.59 Å². The predicted molar refractivity (Wildman–Crippen MR) is 102 cm³/mol. The van der Waals surface area contributed by atoms with Gasteiger partial charge in [0.2, 0.25) is 17.7 Å². The van der Waals surface area contributed by atoms with Gasteiger partial charge in [-0.25, -0.2) is 0 Å². The van der Waals surface area contributed by atoms with Crippen LogP contribution in [0.25, 0.3) is 0 Å². The lowest BCUT2D eigenvalue weighted by molar-refractivity contribution is -0.126. The summed E-state index contributed by atoms with van der Waals surface area (Å²) in [5.41, 5.74) is 0. The second kappa shape index (κ2) is 8.94. The fourth-order valence-corrected chi connectivity index (χ4v) is 3.74. The van der Waals surface area contributed by atoms with Crippen molar-refractivity contribution in [2.75, 3.05) is 0 Å². The third-order valence-corrected chi connectivity index (χ3v) is 5.60. The van der Waals surface area contributed by atoms with E-state index in [1.54, 1.807) is 6.07 Å². The smallest absolute Gasteiger partial charge is 0.229 e. The maximum Gasteiger partial charge on any atom is 0.229 e. The molecule has 0 bridgehead atoms. The number of carbonyl (C=O) groups is 2. The molecule has 2 saturated carbocycles. The predicted octanol–water partition coefficient (Wildman–Crippen LogP) is 2.51. The van der Waals surface area contributed by atoms with Crippen LogP contribution in [0.15, 0.2) is 15.1 Å². The van der Waals surface area contributed by atoms with E-state index in [1.807, 2.05) is 0 Å². The van der Waals surface area contributed by atoms with Gasteiger partial charge in [0, 0.05) is 36.8 Å². The zero-order chi connectivity index (χ0) is 20.2. The van der Waals surface area contributed by atoms with Gasteiger partial charge in [0.1, 0.15) is 5.76 Å². The molecule has 2 N–H and O–H groups in total. The third kappa shape index (κ3) is 5.56. The summed E-state index contributed by atoms with van der Waals surface area (Å²) in [6.07, 6.45) is 6.03. The summed E-state index contributed by atoms with van der Waals surface area (Å²) in [4.78, 5) is 28.8. The fraction of sp³-hybridized carbons (Fsp3) is 0.632. The van der Waals surface area contributed by atoms with Crippen molar-refractivity contribution in [2.24, 2.45) is 5.92 Å². The minimum absolute atomic E-state index is 0.00902. The average Bonchev–Trinajstić information content (AvgIpc) is 3.31. The Kier molecular flexibility index (Phi) is 6.13. The molecule has 0 aromatic carbocycles. The molecule has 0 unspecified atom stereocenters. The van der Waals surface area contributed by atoms with E-state index in [1.165, 1.54) is 0 Å². The van der Waals surface area contributed by atoms with Crippen molar-refractivity contribution >= 4 is 23.4 Å². The molecule has 156 valence electrons. The van der Waals surface area contributed by atoms with Crippen LogP contribution in [0.1, 0.15) is 68.3 Å². The van der Waals surface area contributed by atoms with Crippen LogP contribution in [-0.4, -0.2) is 33.2 Å². The Balaban J connectivity index is 1.13. The lowest BCUT2D eigenvalue weighted by atomic mass is 9.85. The first-order valence-electron chi connectivity index (χ1n) is 10.1. The molecule has 29 heavy (non-hydrogen) atoms. The molecule has 2 aromatic rings.